The van der Waals surface area contributed by atoms with Gasteiger partial charge in [-0.15, -0.1) is 11.8 Å². The predicted molar refractivity (Wildman–Crippen MR) is 122 cm³/mol. The van der Waals surface area contributed by atoms with Crippen LogP contribution in [0.15, 0.2) is 46.2 Å². The number of nitrogens with zero attached hydrogens (tertiary/aromatic N) is 1. The number of fused-ring (bicyclic) bond motifs is 1. The lowest BCUT2D eigenvalue weighted by molar-refractivity contribution is -0.133. The highest BCUT2D eigenvalue weighted by atomic mass is 35.5. The van der Waals surface area contributed by atoms with Gasteiger partial charge in [0.15, 0.2) is 5.25 Å². The Kier molecular flexibility index (Phi) is 6.64. The summed E-state index contributed by atoms with van der Waals surface area (Å²) in [6, 6.07) is 7.59. The number of rotatable bonds is 4. The average molecular weight is 498 g/mol. The van der Waals surface area contributed by atoms with Crippen molar-refractivity contribution in [3.05, 3.63) is 47.2 Å². The zero-order chi connectivity index (χ0) is 22.9. The Hall–Kier alpha value is -2.30. The van der Waals surface area contributed by atoms with Gasteiger partial charge < -0.3 is 10.2 Å². The van der Waals surface area contributed by atoms with E-state index in [9.17, 15) is 22.4 Å². The molecule has 2 aliphatic rings. The third kappa shape index (κ3) is 4.87. The third-order valence-electron chi connectivity index (χ3n) is 5.32. The van der Waals surface area contributed by atoms with Crippen LogP contribution in [0.3, 0.4) is 0 Å². The van der Waals surface area contributed by atoms with Crippen molar-refractivity contribution in [2.24, 2.45) is 0 Å². The molecule has 0 spiro atoms. The first-order valence-corrected chi connectivity index (χ1v) is 12.9. The van der Waals surface area contributed by atoms with Crippen LogP contribution in [0.1, 0.15) is 25.7 Å². The highest BCUT2D eigenvalue weighted by molar-refractivity contribution is 8.01. The summed E-state index contributed by atoms with van der Waals surface area (Å²) >= 11 is 7.03. The zero-order valence-electron chi connectivity index (χ0n) is 16.9. The van der Waals surface area contributed by atoms with Gasteiger partial charge in [-0.3, -0.25) is 14.3 Å². The molecule has 2 aromatic rings. The molecule has 2 aromatic carbocycles. The maximum atomic E-state index is 13.2. The molecule has 7 nitrogen and oxygen atoms in total. The second kappa shape index (κ2) is 9.29. The fourth-order valence-corrected chi connectivity index (χ4v) is 6.08. The van der Waals surface area contributed by atoms with Crippen molar-refractivity contribution in [3.63, 3.8) is 0 Å². The number of nitrogens with one attached hydrogen (secondary N) is 2. The van der Waals surface area contributed by atoms with E-state index in [0.717, 1.165) is 49.6 Å². The minimum Gasteiger partial charge on any atom is -0.341 e. The van der Waals surface area contributed by atoms with Gasteiger partial charge in [-0.05, 0) is 49.2 Å². The van der Waals surface area contributed by atoms with Gasteiger partial charge in [-0.2, -0.15) is 0 Å². The Labute approximate surface area is 194 Å². The van der Waals surface area contributed by atoms with E-state index in [2.05, 4.69) is 10.0 Å². The number of thioether (sulfide) groups is 1. The van der Waals surface area contributed by atoms with Crippen molar-refractivity contribution in [1.29, 1.82) is 0 Å². The third-order valence-corrected chi connectivity index (χ3v) is 8.26. The number of halogens is 2. The van der Waals surface area contributed by atoms with Gasteiger partial charge in [-0.1, -0.05) is 24.4 Å². The van der Waals surface area contributed by atoms with Crippen LogP contribution >= 0.6 is 23.4 Å². The SMILES string of the molecule is O=C1Nc2cc(S(=O)(=O)Nc3ccc(F)cc3Cl)ccc2SC1C(=O)N1CCCCCC1. The Bertz CT molecular complexity index is 1170. The molecular formula is C21H21ClFN3O4S2. The number of hydrogen-bond donors (Lipinski definition) is 2. The molecule has 4 rings (SSSR count). The number of likely N-dealkylation sites (tertiary alicyclic amines) is 1. The van der Waals surface area contributed by atoms with Gasteiger partial charge in [0.05, 0.1) is 21.3 Å². The van der Waals surface area contributed by atoms with E-state index in [-0.39, 0.29) is 21.5 Å². The van der Waals surface area contributed by atoms with E-state index in [1.165, 1.54) is 18.2 Å². The highest BCUT2D eigenvalue weighted by Crippen LogP contribution is 2.38. The van der Waals surface area contributed by atoms with E-state index in [1.54, 1.807) is 11.0 Å². The van der Waals surface area contributed by atoms with Gasteiger partial charge in [0.1, 0.15) is 5.82 Å². The van der Waals surface area contributed by atoms with E-state index in [4.69, 9.17) is 11.6 Å². The summed E-state index contributed by atoms with van der Waals surface area (Å²) in [6.45, 7) is 1.29. The van der Waals surface area contributed by atoms with Crippen LogP contribution in [0.25, 0.3) is 0 Å². The molecule has 2 aliphatic heterocycles. The Morgan fingerprint density at radius 2 is 1.84 bits per heavy atom. The smallest absolute Gasteiger partial charge is 0.262 e. The molecule has 11 heteroatoms. The summed E-state index contributed by atoms with van der Waals surface area (Å²) in [7, 11) is -4.04. The van der Waals surface area contributed by atoms with Crippen molar-refractivity contribution in [3.8, 4) is 0 Å². The summed E-state index contributed by atoms with van der Waals surface area (Å²) in [5.74, 6) is -1.28. The van der Waals surface area contributed by atoms with Gasteiger partial charge in [0.25, 0.3) is 10.0 Å². The predicted octanol–water partition coefficient (Wildman–Crippen LogP) is 4.10. The maximum Gasteiger partial charge on any atom is 0.262 e. The number of sulfonamides is 1. The summed E-state index contributed by atoms with van der Waals surface area (Å²) in [6.07, 6.45) is 4.00. The van der Waals surface area contributed by atoms with Crippen molar-refractivity contribution in [2.45, 2.75) is 40.7 Å². The Morgan fingerprint density at radius 1 is 1.12 bits per heavy atom. The number of benzene rings is 2. The summed E-state index contributed by atoms with van der Waals surface area (Å²) in [5, 5.41) is 1.68. The van der Waals surface area contributed by atoms with Gasteiger partial charge in [0, 0.05) is 18.0 Å². The number of carbonyl (C=O) groups is 2. The van der Waals surface area contributed by atoms with E-state index in [1.807, 2.05) is 0 Å². The highest BCUT2D eigenvalue weighted by Gasteiger charge is 2.36. The van der Waals surface area contributed by atoms with Crippen LogP contribution in [0.2, 0.25) is 5.02 Å². The lowest BCUT2D eigenvalue weighted by atomic mass is 10.2. The van der Waals surface area contributed by atoms with E-state index >= 15 is 0 Å². The molecule has 0 saturated carbocycles. The molecule has 1 unspecified atom stereocenters. The fourth-order valence-electron chi connectivity index (χ4n) is 3.65. The number of anilines is 2. The lowest BCUT2D eigenvalue weighted by Crippen LogP contribution is -2.45. The van der Waals surface area contributed by atoms with Crippen molar-refractivity contribution < 1.29 is 22.4 Å². The summed E-state index contributed by atoms with van der Waals surface area (Å²) < 4.78 is 41.1. The van der Waals surface area contributed by atoms with Crippen LogP contribution in [-0.4, -0.2) is 43.5 Å². The minimum atomic E-state index is -4.04. The molecule has 2 heterocycles. The molecule has 32 heavy (non-hydrogen) atoms. The van der Waals surface area contributed by atoms with Crippen LogP contribution in [0.4, 0.5) is 15.8 Å². The average Bonchev–Trinajstić information content (AvgIpc) is 3.04. The van der Waals surface area contributed by atoms with Gasteiger partial charge in [0.2, 0.25) is 11.8 Å². The fraction of sp³-hybridized carbons (Fsp3) is 0.333. The largest absolute Gasteiger partial charge is 0.341 e. The van der Waals surface area contributed by atoms with Crippen LogP contribution in [0.5, 0.6) is 0 Å². The number of carbonyl (C=O) groups excluding carboxylic acids is 2. The molecule has 0 aliphatic carbocycles. The first kappa shape index (κ1) is 22.9. The normalized spacial score (nSPS) is 19.0. The van der Waals surface area contributed by atoms with Gasteiger partial charge in [-0.25, -0.2) is 12.8 Å². The number of amides is 2. The molecule has 0 aromatic heterocycles. The van der Waals surface area contributed by atoms with Crippen LogP contribution in [0, 0.1) is 5.82 Å². The van der Waals surface area contributed by atoms with Crippen molar-refractivity contribution >= 4 is 56.6 Å². The maximum absolute atomic E-state index is 13.2. The van der Waals surface area contributed by atoms with Crippen molar-refractivity contribution in [1.82, 2.24) is 4.90 Å². The molecule has 0 radical (unpaired) electrons. The molecule has 1 atom stereocenters. The zero-order valence-corrected chi connectivity index (χ0v) is 19.3. The summed E-state index contributed by atoms with van der Waals surface area (Å²) in [5.41, 5.74) is 0.348. The van der Waals surface area contributed by atoms with E-state index < -0.39 is 27.0 Å². The second-order valence-electron chi connectivity index (χ2n) is 7.61. The number of hydrogen-bond acceptors (Lipinski definition) is 5. The molecule has 170 valence electrons. The topological polar surface area (TPSA) is 95.6 Å². The molecule has 2 amide bonds. The molecule has 2 N–H and O–H groups in total. The first-order valence-electron chi connectivity index (χ1n) is 10.1. The summed E-state index contributed by atoms with van der Waals surface area (Å²) in [4.78, 5) is 27.8. The standard InChI is InChI=1S/C21H21ClFN3O4S2/c22-15-11-13(23)5-7-16(15)25-32(29,30)14-6-8-18-17(12-14)24-20(27)19(31-18)21(28)26-9-3-1-2-4-10-26/h5-8,11-12,19,25H,1-4,9-10H2,(H,24,27). The first-order chi connectivity index (χ1) is 15.2. The molecular weight excluding hydrogens is 477 g/mol. The van der Waals surface area contributed by atoms with Crippen molar-refractivity contribution in [2.75, 3.05) is 23.1 Å². The molecule has 1 fully saturated rings. The molecule has 0 bridgehead atoms. The van der Waals surface area contributed by atoms with Crippen LogP contribution < -0.4 is 10.0 Å². The minimum absolute atomic E-state index is 0.0345. The second-order valence-corrected chi connectivity index (χ2v) is 10.9. The quantitative estimate of drug-likeness (QED) is 0.620. The van der Waals surface area contributed by atoms with E-state index in [0.29, 0.717) is 23.7 Å². The Balaban J connectivity index is 1.53. The Morgan fingerprint density at radius 3 is 2.53 bits per heavy atom. The van der Waals surface area contributed by atoms with Crippen LogP contribution in [-0.2, 0) is 19.6 Å². The monoisotopic (exact) mass is 497 g/mol. The molecule has 1 saturated heterocycles. The van der Waals surface area contributed by atoms with Gasteiger partial charge >= 0.3 is 0 Å². The lowest BCUT2D eigenvalue weighted by Gasteiger charge is -2.28.